The molecule has 10 heteroatoms. The number of ether oxygens (including phenoxy) is 2. The highest BCUT2D eigenvalue weighted by molar-refractivity contribution is 7.17. The molecule has 0 bridgehead atoms. The lowest BCUT2D eigenvalue weighted by molar-refractivity contribution is -0.116. The Morgan fingerprint density at radius 2 is 1.94 bits per heavy atom. The van der Waals surface area contributed by atoms with E-state index in [9.17, 15) is 9.59 Å². The van der Waals surface area contributed by atoms with Gasteiger partial charge in [0.15, 0.2) is 0 Å². The molecule has 0 spiro atoms. The molecule has 1 amide bonds. The highest BCUT2D eigenvalue weighted by Gasteiger charge is 2.17. The molecule has 4 rings (SSSR count). The molecule has 3 aromatic heterocycles. The number of amides is 1. The molecule has 1 N–H and O–H groups in total. The monoisotopic (exact) mass is 455 g/mol. The Kier molecular flexibility index (Phi) is 6.81. The normalized spacial score (nSPS) is 11.3. The number of nitrogens with one attached hydrogen (secondary N) is 1. The van der Waals surface area contributed by atoms with Gasteiger partial charge < -0.3 is 14.8 Å². The molecule has 0 aliphatic heterocycles. The minimum absolute atomic E-state index is 0.0589. The predicted molar refractivity (Wildman–Crippen MR) is 124 cm³/mol. The van der Waals surface area contributed by atoms with Crippen LogP contribution in [-0.4, -0.2) is 45.9 Å². The lowest BCUT2D eigenvalue weighted by atomic mass is 10.2. The van der Waals surface area contributed by atoms with Gasteiger partial charge in [-0.2, -0.15) is 0 Å². The number of hydrogen-bond acceptors (Lipinski definition) is 7. The Hall–Kier alpha value is -3.24. The summed E-state index contributed by atoms with van der Waals surface area (Å²) in [6.45, 7) is 1.07. The molecule has 0 aliphatic rings. The Morgan fingerprint density at radius 3 is 2.69 bits per heavy atom. The number of methoxy groups -OCH3 is 2. The molecule has 9 nitrogen and oxygen atoms in total. The van der Waals surface area contributed by atoms with E-state index in [-0.39, 0.29) is 11.5 Å². The minimum atomic E-state index is -0.0684. The first-order valence-corrected chi connectivity index (χ1v) is 11.3. The smallest absolute Gasteiger partial charge is 0.272 e. The number of aryl methyl sites for hydroxylation is 2. The second kappa shape index (κ2) is 9.92. The molecule has 0 fully saturated rings. The molecule has 0 unspecified atom stereocenters. The van der Waals surface area contributed by atoms with Crippen molar-refractivity contribution >= 4 is 38.9 Å². The first-order valence-electron chi connectivity index (χ1n) is 10.4. The van der Waals surface area contributed by atoms with E-state index in [1.165, 1.54) is 11.3 Å². The zero-order valence-electron chi connectivity index (χ0n) is 18.0. The Bertz CT molecular complexity index is 1280. The molecule has 0 saturated heterocycles. The van der Waals surface area contributed by atoms with Crippen LogP contribution in [0.15, 0.2) is 40.5 Å². The summed E-state index contributed by atoms with van der Waals surface area (Å²) in [6.07, 6.45) is 2.23. The topological polar surface area (TPSA) is 99.8 Å². The van der Waals surface area contributed by atoms with Gasteiger partial charge in [0.1, 0.15) is 16.3 Å². The summed E-state index contributed by atoms with van der Waals surface area (Å²) in [4.78, 5) is 25.2. The first kappa shape index (κ1) is 22.0. The maximum Gasteiger partial charge on any atom is 0.272 e. The molecular weight excluding hydrogens is 430 g/mol. The molecule has 168 valence electrons. The van der Waals surface area contributed by atoms with Crippen LogP contribution in [0.1, 0.15) is 25.1 Å². The van der Waals surface area contributed by atoms with Crippen molar-refractivity contribution in [1.82, 2.24) is 19.2 Å². The van der Waals surface area contributed by atoms with Crippen molar-refractivity contribution in [2.45, 2.75) is 32.2 Å². The third-order valence-electron chi connectivity index (χ3n) is 5.19. The van der Waals surface area contributed by atoms with E-state index >= 15 is 0 Å². The lowest BCUT2D eigenvalue weighted by Crippen LogP contribution is -2.23. The minimum Gasteiger partial charge on any atom is -0.497 e. The summed E-state index contributed by atoms with van der Waals surface area (Å²) >= 11 is 1.41. The number of hydrogen-bond donors (Lipinski definition) is 1. The summed E-state index contributed by atoms with van der Waals surface area (Å²) in [7, 11) is 3.24. The van der Waals surface area contributed by atoms with Gasteiger partial charge in [0.25, 0.3) is 5.56 Å². The number of nitrogens with zero attached hydrogens (tertiary/aromatic N) is 4. The number of thiophene rings is 1. The summed E-state index contributed by atoms with van der Waals surface area (Å²) < 4.78 is 14.5. The second-order valence-electron chi connectivity index (χ2n) is 7.32. The van der Waals surface area contributed by atoms with Crippen LogP contribution < -0.4 is 15.6 Å². The van der Waals surface area contributed by atoms with Crippen molar-refractivity contribution in [1.29, 1.82) is 0 Å². The van der Waals surface area contributed by atoms with Crippen molar-refractivity contribution in [3.05, 3.63) is 51.9 Å². The third-order valence-corrected chi connectivity index (χ3v) is 6.08. The Balaban J connectivity index is 1.48. The van der Waals surface area contributed by atoms with Crippen molar-refractivity contribution in [3.8, 4) is 5.75 Å². The molecule has 0 radical (unpaired) electrons. The van der Waals surface area contributed by atoms with Gasteiger partial charge in [0.2, 0.25) is 11.7 Å². The number of aromatic nitrogens is 4. The number of benzene rings is 1. The zero-order chi connectivity index (χ0) is 22.5. The van der Waals surface area contributed by atoms with E-state index in [1.807, 2.05) is 15.8 Å². The maximum absolute atomic E-state index is 12.9. The van der Waals surface area contributed by atoms with E-state index in [4.69, 9.17) is 9.47 Å². The van der Waals surface area contributed by atoms with E-state index in [2.05, 4.69) is 15.5 Å². The van der Waals surface area contributed by atoms with Crippen LogP contribution in [0, 0.1) is 0 Å². The second-order valence-corrected chi connectivity index (χ2v) is 8.24. The average Bonchev–Trinajstić information content (AvgIpc) is 3.44. The Morgan fingerprint density at radius 1 is 1.12 bits per heavy atom. The van der Waals surface area contributed by atoms with E-state index in [1.54, 1.807) is 43.1 Å². The van der Waals surface area contributed by atoms with Crippen LogP contribution >= 0.6 is 11.3 Å². The summed E-state index contributed by atoms with van der Waals surface area (Å²) in [5.41, 5.74) is 1.47. The van der Waals surface area contributed by atoms with Crippen LogP contribution in [0.4, 0.5) is 5.69 Å². The van der Waals surface area contributed by atoms with Crippen molar-refractivity contribution < 1.29 is 14.3 Å². The lowest BCUT2D eigenvalue weighted by Gasteiger charge is -2.09. The molecule has 0 saturated carbocycles. The molecule has 0 aliphatic carbocycles. The highest BCUT2D eigenvalue weighted by atomic mass is 32.1. The standard InChI is InChI=1S/C22H25N5O4S/c1-30-13-4-12-26-21(29)20-17(11-14-32-20)27-18(24-25-22(26)27)5-3-6-19(28)23-15-7-9-16(31-2)10-8-15/h7-11,14H,3-6,12-13H2,1-2H3,(H,23,28). The van der Waals surface area contributed by atoms with Gasteiger partial charge >= 0.3 is 0 Å². The van der Waals surface area contributed by atoms with Crippen LogP contribution in [0.3, 0.4) is 0 Å². The van der Waals surface area contributed by atoms with Crippen molar-refractivity contribution in [3.63, 3.8) is 0 Å². The quantitative estimate of drug-likeness (QED) is 0.369. The number of anilines is 1. The van der Waals surface area contributed by atoms with E-state index < -0.39 is 0 Å². The Labute approximate surface area is 188 Å². The van der Waals surface area contributed by atoms with E-state index in [0.717, 1.165) is 22.8 Å². The fourth-order valence-corrected chi connectivity index (χ4v) is 4.44. The van der Waals surface area contributed by atoms with Gasteiger partial charge in [-0.05, 0) is 48.6 Å². The van der Waals surface area contributed by atoms with Gasteiger partial charge in [0.05, 0.1) is 12.6 Å². The van der Waals surface area contributed by atoms with Gasteiger partial charge in [0, 0.05) is 38.8 Å². The van der Waals surface area contributed by atoms with Gasteiger partial charge in [-0.25, -0.2) is 0 Å². The van der Waals surface area contributed by atoms with Crippen molar-refractivity contribution in [2.24, 2.45) is 0 Å². The van der Waals surface area contributed by atoms with Crippen LogP contribution in [0.2, 0.25) is 0 Å². The SMILES string of the molecule is COCCCn1c(=O)c2sccc2n2c(CCCC(=O)Nc3ccc(OC)cc3)nnc12. The number of carbonyl (C=O) groups excluding carboxylic acids is 1. The van der Waals surface area contributed by atoms with Crippen LogP contribution in [-0.2, 0) is 22.5 Å². The first-order chi connectivity index (χ1) is 15.6. The van der Waals surface area contributed by atoms with Gasteiger partial charge in [-0.15, -0.1) is 21.5 Å². The highest BCUT2D eigenvalue weighted by Crippen LogP contribution is 2.21. The molecule has 0 atom stereocenters. The zero-order valence-corrected chi connectivity index (χ0v) is 18.9. The van der Waals surface area contributed by atoms with Gasteiger partial charge in [-0.1, -0.05) is 0 Å². The van der Waals surface area contributed by atoms with Crippen LogP contribution in [0.25, 0.3) is 16.0 Å². The fraction of sp³-hybridized carbons (Fsp3) is 0.364. The number of carbonyl (C=O) groups is 1. The van der Waals surface area contributed by atoms with Crippen molar-refractivity contribution in [2.75, 3.05) is 26.1 Å². The molecule has 4 aromatic rings. The molecular formula is C22H25N5O4S. The average molecular weight is 456 g/mol. The van der Waals surface area contributed by atoms with E-state index in [0.29, 0.717) is 49.3 Å². The van der Waals surface area contributed by atoms with Crippen LogP contribution in [0.5, 0.6) is 5.75 Å². The predicted octanol–water partition coefficient (Wildman–Crippen LogP) is 3.11. The summed E-state index contributed by atoms with van der Waals surface area (Å²) in [5.74, 6) is 1.93. The summed E-state index contributed by atoms with van der Waals surface area (Å²) in [6, 6.07) is 9.13. The third kappa shape index (κ3) is 4.51. The molecule has 32 heavy (non-hydrogen) atoms. The van der Waals surface area contributed by atoms with Gasteiger partial charge in [-0.3, -0.25) is 18.6 Å². The summed E-state index contributed by atoms with van der Waals surface area (Å²) in [5, 5.41) is 13.4. The fourth-order valence-electron chi connectivity index (χ4n) is 3.62. The largest absolute Gasteiger partial charge is 0.497 e. The molecule has 3 heterocycles. The number of rotatable bonds is 10. The maximum atomic E-state index is 12.9. The number of fused-ring (bicyclic) bond motifs is 3. The molecule has 1 aromatic carbocycles.